The van der Waals surface area contributed by atoms with Crippen LogP contribution in [0.25, 0.3) is 0 Å². The van der Waals surface area contributed by atoms with E-state index < -0.39 is 0 Å². The van der Waals surface area contributed by atoms with E-state index in [1.165, 1.54) is 62.5 Å². The van der Waals surface area contributed by atoms with E-state index in [9.17, 15) is 0 Å². The van der Waals surface area contributed by atoms with E-state index in [-0.39, 0.29) is 0 Å². The number of aromatic nitrogens is 2. The molecule has 40 heavy (non-hydrogen) atoms. The fourth-order valence-corrected chi connectivity index (χ4v) is 7.72. The minimum Gasteiger partial charge on any atom is -0.265 e. The van der Waals surface area contributed by atoms with Crippen LogP contribution in [0.5, 0.6) is 0 Å². The summed E-state index contributed by atoms with van der Waals surface area (Å²) in [6.45, 7) is 9.49. The number of hydrogen-bond donors (Lipinski definition) is 0. The highest BCUT2D eigenvalue weighted by Gasteiger charge is 2.31. The first-order valence-electron chi connectivity index (χ1n) is 16.1. The molecule has 1 fully saturated rings. The second-order valence-corrected chi connectivity index (χ2v) is 12.9. The van der Waals surface area contributed by atoms with Gasteiger partial charge in [-0.05, 0) is 145 Å². The molecule has 0 aliphatic heterocycles. The third-order valence-electron chi connectivity index (χ3n) is 10.4. The Bertz CT molecular complexity index is 1100. The first-order chi connectivity index (χ1) is 19.6. The molecule has 0 N–H and O–H groups in total. The Morgan fingerprint density at radius 2 is 0.975 bits per heavy atom. The summed E-state index contributed by atoms with van der Waals surface area (Å²) < 4.78 is 0. The van der Waals surface area contributed by atoms with Gasteiger partial charge in [-0.25, -0.2) is 0 Å². The van der Waals surface area contributed by atoms with Crippen molar-refractivity contribution in [2.24, 2.45) is 35.5 Å². The summed E-state index contributed by atoms with van der Waals surface area (Å²) in [5.41, 5.74) is 6.02. The van der Waals surface area contributed by atoms with Crippen LogP contribution in [0.4, 0.5) is 0 Å². The zero-order valence-electron chi connectivity index (χ0n) is 25.3. The third kappa shape index (κ3) is 6.93. The van der Waals surface area contributed by atoms with Crippen LogP contribution >= 0.6 is 0 Å². The van der Waals surface area contributed by atoms with E-state index in [0.717, 1.165) is 0 Å². The normalized spacial score (nSPS) is 27.2. The molecule has 0 bridgehead atoms. The summed E-state index contributed by atoms with van der Waals surface area (Å²) in [6.07, 6.45) is 33.4. The van der Waals surface area contributed by atoms with Gasteiger partial charge in [-0.15, -0.1) is 0 Å². The van der Waals surface area contributed by atoms with Gasteiger partial charge >= 0.3 is 0 Å². The van der Waals surface area contributed by atoms with Gasteiger partial charge in [-0.2, -0.15) is 0 Å². The summed E-state index contributed by atoms with van der Waals surface area (Å²) in [4.78, 5) is 8.43. The molecular weight excluding hydrogens is 484 g/mol. The molecule has 0 spiro atoms. The Balaban J connectivity index is 1.22. The average Bonchev–Trinajstić information content (AvgIpc) is 3.00. The van der Waals surface area contributed by atoms with Crippen LogP contribution in [0.1, 0.15) is 102 Å². The van der Waals surface area contributed by atoms with Gasteiger partial charge in [0.2, 0.25) is 0 Å². The van der Waals surface area contributed by atoms with Crippen molar-refractivity contribution in [3.8, 4) is 0 Å². The molecule has 3 aliphatic rings. The van der Waals surface area contributed by atoms with Crippen molar-refractivity contribution >= 4 is 0 Å². The van der Waals surface area contributed by atoms with Gasteiger partial charge in [0.15, 0.2) is 0 Å². The minimum absolute atomic E-state index is 0.561. The number of rotatable bonds is 10. The van der Waals surface area contributed by atoms with Gasteiger partial charge in [0.05, 0.1) is 0 Å². The van der Waals surface area contributed by atoms with E-state index >= 15 is 0 Å². The first kappa shape index (κ1) is 28.8. The molecule has 2 aromatic heterocycles. The Kier molecular flexibility index (Phi) is 9.89. The van der Waals surface area contributed by atoms with E-state index in [0.29, 0.717) is 47.3 Å². The number of fused-ring (bicyclic) bond motifs is 2. The molecule has 0 saturated heterocycles. The summed E-state index contributed by atoms with van der Waals surface area (Å²) in [5.74, 6) is 5.21. The summed E-state index contributed by atoms with van der Waals surface area (Å²) in [7, 11) is 0. The SMILES string of the molecule is CCC(CC(C)c1ccncc1)C1=CC2CCC3C=CC(C(CC)CC(C)c4ccncc4)=CC3CCC2C=C1. The van der Waals surface area contributed by atoms with Gasteiger partial charge in [-0.1, -0.05) is 64.2 Å². The first-order valence-corrected chi connectivity index (χ1v) is 16.1. The van der Waals surface area contributed by atoms with Crippen LogP contribution in [0, 0.1) is 35.5 Å². The molecule has 0 aromatic carbocycles. The van der Waals surface area contributed by atoms with Gasteiger partial charge < -0.3 is 0 Å². The number of allylic oxidation sites excluding steroid dienone is 8. The highest BCUT2D eigenvalue weighted by Crippen LogP contribution is 2.44. The van der Waals surface area contributed by atoms with Crippen molar-refractivity contribution in [1.82, 2.24) is 9.97 Å². The van der Waals surface area contributed by atoms with E-state index in [1.807, 2.05) is 24.8 Å². The van der Waals surface area contributed by atoms with Gasteiger partial charge in [0.1, 0.15) is 0 Å². The lowest BCUT2D eigenvalue weighted by Gasteiger charge is -2.37. The van der Waals surface area contributed by atoms with Gasteiger partial charge in [0, 0.05) is 24.8 Å². The Morgan fingerprint density at radius 1 is 0.600 bits per heavy atom. The average molecular weight is 535 g/mol. The zero-order chi connectivity index (χ0) is 27.9. The molecule has 8 atom stereocenters. The molecule has 1 saturated carbocycles. The minimum atomic E-state index is 0.561. The van der Waals surface area contributed by atoms with Crippen LogP contribution in [0.3, 0.4) is 0 Å². The lowest BCUT2D eigenvalue weighted by atomic mass is 9.68. The molecule has 5 rings (SSSR count). The number of hydrogen-bond acceptors (Lipinski definition) is 2. The molecule has 8 unspecified atom stereocenters. The van der Waals surface area contributed by atoms with Gasteiger partial charge in [0.25, 0.3) is 0 Å². The lowest BCUT2D eigenvalue weighted by Crippen LogP contribution is -2.25. The topological polar surface area (TPSA) is 25.8 Å². The summed E-state index contributed by atoms with van der Waals surface area (Å²) >= 11 is 0. The van der Waals surface area contributed by atoms with Crippen LogP contribution in [-0.2, 0) is 0 Å². The predicted molar refractivity (Wildman–Crippen MR) is 169 cm³/mol. The highest BCUT2D eigenvalue weighted by atomic mass is 14.6. The van der Waals surface area contributed by atoms with Crippen molar-refractivity contribution in [2.75, 3.05) is 0 Å². The van der Waals surface area contributed by atoms with Crippen molar-refractivity contribution in [3.05, 3.63) is 108 Å². The second-order valence-electron chi connectivity index (χ2n) is 12.9. The third-order valence-corrected chi connectivity index (χ3v) is 10.4. The smallest absolute Gasteiger partial charge is 0.0270 e. The summed E-state index contributed by atoms with van der Waals surface area (Å²) in [6, 6.07) is 8.74. The fourth-order valence-electron chi connectivity index (χ4n) is 7.72. The Morgan fingerprint density at radius 3 is 1.35 bits per heavy atom. The lowest BCUT2D eigenvalue weighted by molar-refractivity contribution is 0.278. The van der Waals surface area contributed by atoms with Crippen molar-refractivity contribution < 1.29 is 0 Å². The monoisotopic (exact) mass is 534 g/mol. The van der Waals surface area contributed by atoms with E-state index in [4.69, 9.17) is 0 Å². The molecule has 212 valence electrons. The van der Waals surface area contributed by atoms with Crippen LogP contribution in [0.2, 0.25) is 0 Å². The molecule has 0 amide bonds. The zero-order valence-corrected chi connectivity index (χ0v) is 25.3. The van der Waals surface area contributed by atoms with E-state index in [2.05, 4.69) is 98.4 Å². The number of pyridine rings is 2. The molecule has 0 radical (unpaired) electrons. The van der Waals surface area contributed by atoms with E-state index in [1.54, 1.807) is 11.1 Å². The fraction of sp³-hybridized carbons (Fsp3) is 0.526. The van der Waals surface area contributed by atoms with Gasteiger partial charge in [-0.3, -0.25) is 9.97 Å². The highest BCUT2D eigenvalue weighted by molar-refractivity contribution is 5.32. The molecule has 2 heterocycles. The standard InChI is InChI=1S/C38H50N2/c1-5-29(23-27(3)31-15-19-39-20-16-31)35-11-7-33-10-14-38-26-36(12-8-34(38)9-13-37(33)25-35)30(6-2)24-28(4)32-17-21-40-22-18-32/h7-8,11-12,15-22,25-30,33-34,37-38H,5-6,9-10,13-14,23-24H2,1-4H3. The maximum absolute atomic E-state index is 4.21. The molecule has 2 heteroatoms. The van der Waals surface area contributed by atoms with Crippen molar-refractivity contribution in [2.45, 2.75) is 90.9 Å². The van der Waals surface area contributed by atoms with Crippen molar-refractivity contribution in [3.63, 3.8) is 0 Å². The van der Waals surface area contributed by atoms with Crippen molar-refractivity contribution in [1.29, 1.82) is 0 Å². The van der Waals surface area contributed by atoms with Crippen LogP contribution in [-0.4, -0.2) is 9.97 Å². The largest absolute Gasteiger partial charge is 0.265 e. The summed E-state index contributed by atoms with van der Waals surface area (Å²) in [5, 5.41) is 0. The predicted octanol–water partition coefficient (Wildman–Crippen LogP) is 10.2. The maximum atomic E-state index is 4.21. The Labute approximate surface area is 243 Å². The van der Waals surface area contributed by atoms with Crippen LogP contribution in [0.15, 0.2) is 96.7 Å². The molecule has 3 aliphatic carbocycles. The second kappa shape index (κ2) is 13.7. The van der Waals surface area contributed by atoms with Crippen LogP contribution < -0.4 is 0 Å². The quantitative estimate of drug-likeness (QED) is 0.303. The maximum Gasteiger partial charge on any atom is 0.0270 e. The molecule has 2 aromatic rings. The Hall–Kier alpha value is -2.74. The number of nitrogens with zero attached hydrogens (tertiary/aromatic N) is 2. The molecule has 2 nitrogen and oxygen atoms in total. The molecular formula is C38H50N2.